The van der Waals surface area contributed by atoms with E-state index in [1.165, 1.54) is 30.3 Å². The molecule has 0 atom stereocenters. The third-order valence-electron chi connectivity index (χ3n) is 4.71. The zero-order chi connectivity index (χ0) is 24.3. The third-order valence-corrected chi connectivity index (χ3v) is 4.71. The topological polar surface area (TPSA) is 89.2 Å². The minimum absolute atomic E-state index is 0.188. The fraction of sp³-hybridized carbons (Fsp3) is 0.0870. The minimum Gasteiger partial charge on any atom is -0.454 e. The molecule has 2 aromatic heterocycles. The summed E-state index contributed by atoms with van der Waals surface area (Å²) in [7, 11) is 0. The van der Waals surface area contributed by atoms with Crippen molar-refractivity contribution in [1.82, 2.24) is 9.78 Å². The van der Waals surface area contributed by atoms with E-state index in [0.29, 0.717) is 11.8 Å². The summed E-state index contributed by atoms with van der Waals surface area (Å²) < 4.78 is 61.7. The van der Waals surface area contributed by atoms with Crippen molar-refractivity contribution in [2.75, 3.05) is 10.6 Å². The number of rotatable bonds is 6. The molecule has 0 aliphatic rings. The number of furan rings is 1. The maximum absolute atomic E-state index is 13.8. The van der Waals surface area contributed by atoms with Gasteiger partial charge in [-0.25, -0.2) is 4.39 Å². The van der Waals surface area contributed by atoms with Gasteiger partial charge in [0.15, 0.2) is 5.76 Å². The van der Waals surface area contributed by atoms with Gasteiger partial charge in [-0.3, -0.25) is 14.3 Å². The smallest absolute Gasteiger partial charge is 0.418 e. The summed E-state index contributed by atoms with van der Waals surface area (Å²) in [6.45, 7) is 0.241. The van der Waals surface area contributed by atoms with Crippen LogP contribution in [0.3, 0.4) is 0 Å². The highest BCUT2D eigenvalue weighted by molar-refractivity contribution is 6.05. The number of nitrogens with zero attached hydrogens (tertiary/aromatic N) is 2. The summed E-state index contributed by atoms with van der Waals surface area (Å²) >= 11 is 0. The van der Waals surface area contributed by atoms with Gasteiger partial charge in [-0.15, -0.1) is 0 Å². The number of aromatic nitrogens is 2. The average Bonchev–Trinajstić information content (AvgIpc) is 3.47. The Morgan fingerprint density at radius 3 is 2.47 bits per heavy atom. The first-order valence-corrected chi connectivity index (χ1v) is 9.85. The molecule has 0 aliphatic heterocycles. The molecule has 0 saturated carbocycles. The van der Waals surface area contributed by atoms with Crippen molar-refractivity contribution in [3.8, 4) is 0 Å². The Bertz CT molecular complexity index is 1330. The van der Waals surface area contributed by atoms with Crippen LogP contribution in [-0.2, 0) is 12.7 Å². The molecule has 11 heteroatoms. The molecular formula is C23H16F4N4O3. The van der Waals surface area contributed by atoms with Crippen LogP contribution in [-0.4, -0.2) is 21.6 Å². The standard InChI is InChI=1S/C23H16F4N4O3/c24-18-5-2-1-4-16(18)21(32)29-14-6-8-19(17(12-14)23(25,26)27)30-22(33)20-9-7-15(34-20)13-31-11-3-10-28-31/h1-12H,13H2,(H,29,32)(H,30,33). The molecule has 0 aliphatic carbocycles. The molecule has 2 heterocycles. The van der Waals surface area contributed by atoms with Gasteiger partial charge in [0, 0.05) is 18.1 Å². The van der Waals surface area contributed by atoms with Crippen LogP contribution < -0.4 is 10.6 Å². The van der Waals surface area contributed by atoms with Crippen molar-refractivity contribution in [3.63, 3.8) is 0 Å². The highest BCUT2D eigenvalue weighted by Gasteiger charge is 2.35. The number of anilines is 2. The maximum Gasteiger partial charge on any atom is 0.418 e. The van der Waals surface area contributed by atoms with Crippen molar-refractivity contribution >= 4 is 23.2 Å². The number of carbonyl (C=O) groups excluding carboxylic acids is 2. The van der Waals surface area contributed by atoms with E-state index >= 15 is 0 Å². The minimum atomic E-state index is -4.85. The predicted molar refractivity (Wildman–Crippen MR) is 114 cm³/mol. The van der Waals surface area contributed by atoms with E-state index in [4.69, 9.17) is 4.42 Å². The fourth-order valence-electron chi connectivity index (χ4n) is 3.13. The van der Waals surface area contributed by atoms with Gasteiger partial charge in [0.1, 0.15) is 11.6 Å². The van der Waals surface area contributed by atoms with Gasteiger partial charge < -0.3 is 15.1 Å². The van der Waals surface area contributed by atoms with E-state index in [1.807, 2.05) is 0 Å². The Hall–Kier alpha value is -4.41. The van der Waals surface area contributed by atoms with Gasteiger partial charge in [-0.2, -0.15) is 18.3 Å². The number of amides is 2. The van der Waals surface area contributed by atoms with Gasteiger partial charge in [0.25, 0.3) is 11.8 Å². The second-order valence-corrected chi connectivity index (χ2v) is 7.12. The number of halogens is 4. The lowest BCUT2D eigenvalue weighted by molar-refractivity contribution is -0.136. The molecule has 2 aromatic carbocycles. The first kappa shape index (κ1) is 22.8. The fourth-order valence-corrected chi connectivity index (χ4v) is 3.13. The largest absolute Gasteiger partial charge is 0.454 e. The molecule has 174 valence electrons. The molecule has 34 heavy (non-hydrogen) atoms. The molecule has 4 aromatic rings. The summed E-state index contributed by atoms with van der Waals surface area (Å²) in [5, 5.41) is 8.41. The van der Waals surface area contributed by atoms with Gasteiger partial charge in [0.2, 0.25) is 0 Å². The van der Waals surface area contributed by atoms with E-state index in [0.717, 1.165) is 18.2 Å². The first-order chi connectivity index (χ1) is 16.2. The van der Waals surface area contributed by atoms with Crippen LogP contribution >= 0.6 is 0 Å². The number of hydrogen-bond donors (Lipinski definition) is 2. The first-order valence-electron chi connectivity index (χ1n) is 9.85. The van der Waals surface area contributed by atoms with Crippen LogP contribution in [0.1, 0.15) is 32.2 Å². The van der Waals surface area contributed by atoms with Crippen LogP contribution in [0.5, 0.6) is 0 Å². The quantitative estimate of drug-likeness (QED) is 0.378. The molecule has 0 saturated heterocycles. The molecule has 2 amide bonds. The van der Waals surface area contributed by atoms with E-state index in [9.17, 15) is 27.2 Å². The molecule has 2 N–H and O–H groups in total. The highest BCUT2D eigenvalue weighted by Crippen LogP contribution is 2.37. The summed E-state index contributed by atoms with van der Waals surface area (Å²) in [6, 6.07) is 12.4. The number of hydrogen-bond acceptors (Lipinski definition) is 4. The number of nitrogens with one attached hydrogen (secondary N) is 2. The number of carbonyl (C=O) groups is 2. The van der Waals surface area contributed by atoms with Crippen molar-refractivity contribution in [3.05, 3.63) is 102 Å². The van der Waals surface area contributed by atoms with Crippen LogP contribution in [0, 0.1) is 5.82 Å². The summed E-state index contributed by atoms with van der Waals surface area (Å²) in [4.78, 5) is 24.7. The molecular weight excluding hydrogens is 456 g/mol. The van der Waals surface area contributed by atoms with Crippen LogP contribution in [0.15, 0.2) is 77.5 Å². The second kappa shape index (κ2) is 9.22. The zero-order valence-electron chi connectivity index (χ0n) is 17.3. The SMILES string of the molecule is O=C(Nc1ccc(NC(=O)c2ccccc2F)cc1C(F)(F)F)c1ccc(Cn2cccn2)o1. The Morgan fingerprint density at radius 1 is 0.971 bits per heavy atom. The van der Waals surface area contributed by atoms with E-state index in [1.54, 1.807) is 23.1 Å². The van der Waals surface area contributed by atoms with Crippen molar-refractivity contribution < 1.29 is 31.6 Å². The van der Waals surface area contributed by atoms with Gasteiger partial charge in [-0.05, 0) is 48.5 Å². The normalized spacial score (nSPS) is 11.3. The molecule has 7 nitrogen and oxygen atoms in total. The van der Waals surface area contributed by atoms with Crippen molar-refractivity contribution in [2.24, 2.45) is 0 Å². The van der Waals surface area contributed by atoms with Crippen molar-refractivity contribution in [1.29, 1.82) is 0 Å². The van der Waals surface area contributed by atoms with Crippen LogP contribution in [0.25, 0.3) is 0 Å². The van der Waals surface area contributed by atoms with Crippen molar-refractivity contribution in [2.45, 2.75) is 12.7 Å². The van der Waals surface area contributed by atoms with Gasteiger partial charge in [0.05, 0.1) is 23.4 Å². The second-order valence-electron chi connectivity index (χ2n) is 7.12. The maximum atomic E-state index is 13.8. The van der Waals surface area contributed by atoms with E-state index in [2.05, 4.69) is 15.7 Å². The molecule has 0 bridgehead atoms. The number of alkyl halides is 3. The van der Waals surface area contributed by atoms with Crippen LogP contribution in [0.2, 0.25) is 0 Å². The lowest BCUT2D eigenvalue weighted by Crippen LogP contribution is -2.18. The van der Waals surface area contributed by atoms with E-state index in [-0.39, 0.29) is 23.6 Å². The lowest BCUT2D eigenvalue weighted by Gasteiger charge is -2.15. The average molecular weight is 472 g/mol. The van der Waals surface area contributed by atoms with Gasteiger partial charge >= 0.3 is 6.18 Å². The Kier molecular flexibility index (Phi) is 6.17. The Labute approximate surface area is 190 Å². The lowest BCUT2D eigenvalue weighted by atomic mass is 10.1. The predicted octanol–water partition coefficient (Wildman–Crippen LogP) is 5.19. The molecule has 0 spiro atoms. The monoisotopic (exact) mass is 472 g/mol. The summed E-state index contributed by atoms with van der Waals surface area (Å²) in [5.74, 6) is -2.42. The molecule has 0 unspecified atom stereocenters. The van der Waals surface area contributed by atoms with Gasteiger partial charge in [-0.1, -0.05) is 12.1 Å². The zero-order valence-corrected chi connectivity index (χ0v) is 17.3. The van der Waals surface area contributed by atoms with Crippen LogP contribution in [0.4, 0.5) is 28.9 Å². The summed E-state index contributed by atoms with van der Waals surface area (Å²) in [5.41, 5.74) is -2.28. The number of benzene rings is 2. The Balaban J connectivity index is 1.52. The Morgan fingerprint density at radius 2 is 1.76 bits per heavy atom. The van der Waals surface area contributed by atoms with E-state index < -0.39 is 35.1 Å². The molecule has 0 fully saturated rings. The molecule has 4 rings (SSSR count). The third kappa shape index (κ3) is 5.14. The highest BCUT2D eigenvalue weighted by atomic mass is 19.4. The molecule has 0 radical (unpaired) electrons. The summed E-state index contributed by atoms with van der Waals surface area (Å²) in [6.07, 6.45) is -1.60.